The molecule has 1 atom stereocenters. The highest BCUT2D eigenvalue weighted by Gasteiger charge is 2.15. The van der Waals surface area contributed by atoms with E-state index >= 15 is 0 Å². The van der Waals surface area contributed by atoms with Crippen molar-refractivity contribution in [2.45, 2.75) is 6.10 Å². The highest BCUT2D eigenvalue weighted by Crippen LogP contribution is 2.27. The molecule has 0 saturated heterocycles. The zero-order chi connectivity index (χ0) is 10.6. The molecule has 1 aromatic carbocycles. The van der Waals surface area contributed by atoms with Gasteiger partial charge >= 0.3 is 0 Å². The van der Waals surface area contributed by atoms with Crippen LogP contribution < -0.4 is 4.74 Å². The number of nitrogens with zero attached hydrogens (tertiary/aromatic N) is 1. The van der Waals surface area contributed by atoms with Crippen LogP contribution >= 0.6 is 0 Å². The van der Waals surface area contributed by atoms with E-state index in [9.17, 15) is 4.39 Å². The summed E-state index contributed by atoms with van der Waals surface area (Å²) in [6.45, 7) is 0. The molecule has 0 N–H and O–H groups in total. The van der Waals surface area contributed by atoms with Gasteiger partial charge < -0.3 is 9.47 Å². The van der Waals surface area contributed by atoms with E-state index in [2.05, 4.69) is 0 Å². The average molecular weight is 195 g/mol. The summed E-state index contributed by atoms with van der Waals surface area (Å²) in [5.74, 6) is 0.0258. The van der Waals surface area contributed by atoms with Crippen LogP contribution in [0.3, 0.4) is 0 Å². The number of benzene rings is 1. The minimum Gasteiger partial charge on any atom is -0.496 e. The summed E-state index contributed by atoms with van der Waals surface area (Å²) in [6, 6.07) is 5.87. The monoisotopic (exact) mass is 195 g/mol. The Morgan fingerprint density at radius 1 is 1.43 bits per heavy atom. The van der Waals surface area contributed by atoms with Crippen LogP contribution in [0.2, 0.25) is 0 Å². The molecule has 0 bridgehead atoms. The van der Waals surface area contributed by atoms with Crippen LogP contribution in [-0.2, 0) is 4.74 Å². The number of rotatable bonds is 3. The third kappa shape index (κ3) is 2.01. The predicted molar refractivity (Wildman–Crippen MR) is 48.3 cm³/mol. The SMILES string of the molecule is COc1ccc(F)cc1C(C#N)OC. The second-order valence-corrected chi connectivity index (χ2v) is 2.63. The topological polar surface area (TPSA) is 42.2 Å². The third-order valence-electron chi connectivity index (χ3n) is 1.83. The van der Waals surface area contributed by atoms with Crippen molar-refractivity contribution in [3.8, 4) is 11.8 Å². The van der Waals surface area contributed by atoms with Gasteiger partial charge in [-0.3, -0.25) is 0 Å². The van der Waals surface area contributed by atoms with Crippen molar-refractivity contribution in [3.63, 3.8) is 0 Å². The molecule has 3 nitrogen and oxygen atoms in total. The smallest absolute Gasteiger partial charge is 0.172 e. The fraction of sp³-hybridized carbons (Fsp3) is 0.300. The van der Waals surface area contributed by atoms with Crippen LogP contribution in [0.5, 0.6) is 5.75 Å². The average Bonchev–Trinajstić information content (AvgIpc) is 2.20. The van der Waals surface area contributed by atoms with Crippen LogP contribution in [0, 0.1) is 17.1 Å². The van der Waals surface area contributed by atoms with Crippen molar-refractivity contribution in [1.29, 1.82) is 5.26 Å². The van der Waals surface area contributed by atoms with Gasteiger partial charge in [0.05, 0.1) is 13.2 Å². The Balaban J connectivity index is 3.16. The summed E-state index contributed by atoms with van der Waals surface area (Å²) in [5, 5.41) is 8.74. The van der Waals surface area contributed by atoms with Crippen LogP contribution in [0.15, 0.2) is 18.2 Å². The van der Waals surface area contributed by atoms with Gasteiger partial charge in [-0.15, -0.1) is 0 Å². The quantitative estimate of drug-likeness (QED) is 0.741. The van der Waals surface area contributed by atoms with Crippen molar-refractivity contribution >= 4 is 0 Å². The van der Waals surface area contributed by atoms with Crippen molar-refractivity contribution in [3.05, 3.63) is 29.6 Å². The molecule has 0 spiro atoms. The molecule has 0 radical (unpaired) electrons. The molecule has 0 aliphatic heterocycles. The Morgan fingerprint density at radius 2 is 2.14 bits per heavy atom. The Labute approximate surface area is 81.7 Å². The summed E-state index contributed by atoms with van der Waals surface area (Å²) < 4.78 is 22.8. The molecular formula is C10H10FNO2. The number of hydrogen-bond donors (Lipinski definition) is 0. The van der Waals surface area contributed by atoms with Crippen LogP contribution in [0.4, 0.5) is 4.39 Å². The van der Waals surface area contributed by atoms with E-state index in [4.69, 9.17) is 14.7 Å². The first-order valence-corrected chi connectivity index (χ1v) is 3.98. The second kappa shape index (κ2) is 4.58. The molecule has 14 heavy (non-hydrogen) atoms. The van der Waals surface area contributed by atoms with E-state index in [-0.39, 0.29) is 0 Å². The van der Waals surface area contributed by atoms with Gasteiger partial charge in [0, 0.05) is 12.7 Å². The predicted octanol–water partition coefficient (Wildman–Crippen LogP) is 2.05. The number of hydrogen-bond acceptors (Lipinski definition) is 3. The molecule has 74 valence electrons. The summed E-state index contributed by atoms with van der Waals surface area (Å²) >= 11 is 0. The summed E-state index contributed by atoms with van der Waals surface area (Å²) in [5.41, 5.74) is 0.400. The van der Waals surface area contributed by atoms with E-state index in [1.807, 2.05) is 6.07 Å². The summed E-state index contributed by atoms with van der Waals surface area (Å²) in [7, 11) is 2.85. The number of nitriles is 1. The van der Waals surface area contributed by atoms with Gasteiger partial charge in [-0.2, -0.15) is 5.26 Å². The molecule has 1 rings (SSSR count). The largest absolute Gasteiger partial charge is 0.496 e. The highest BCUT2D eigenvalue weighted by atomic mass is 19.1. The lowest BCUT2D eigenvalue weighted by molar-refractivity contribution is 0.145. The molecule has 0 fully saturated rings. The van der Waals surface area contributed by atoms with E-state index in [1.165, 1.54) is 32.4 Å². The van der Waals surface area contributed by atoms with Gasteiger partial charge in [-0.05, 0) is 18.2 Å². The maximum atomic E-state index is 12.9. The first kappa shape index (κ1) is 10.5. The van der Waals surface area contributed by atoms with Crippen LogP contribution in [0.25, 0.3) is 0 Å². The lowest BCUT2D eigenvalue weighted by atomic mass is 10.1. The molecule has 0 amide bonds. The Bertz CT molecular complexity index is 360. The van der Waals surface area contributed by atoms with Gasteiger partial charge in [0.2, 0.25) is 0 Å². The molecule has 0 heterocycles. The van der Waals surface area contributed by atoms with Gasteiger partial charge in [-0.1, -0.05) is 0 Å². The molecule has 1 unspecified atom stereocenters. The molecule has 0 aromatic heterocycles. The first-order chi connectivity index (χ1) is 6.72. The summed E-state index contributed by atoms with van der Waals surface area (Å²) in [6.07, 6.45) is -0.805. The van der Waals surface area contributed by atoms with Crippen LogP contribution in [0.1, 0.15) is 11.7 Å². The lowest BCUT2D eigenvalue weighted by Crippen LogP contribution is -2.01. The second-order valence-electron chi connectivity index (χ2n) is 2.63. The molecule has 1 aromatic rings. The Hall–Kier alpha value is -1.60. The molecule has 0 aliphatic rings. The van der Waals surface area contributed by atoms with Gasteiger partial charge in [0.25, 0.3) is 0 Å². The molecule has 4 heteroatoms. The van der Waals surface area contributed by atoms with Gasteiger partial charge in [-0.25, -0.2) is 4.39 Å². The lowest BCUT2D eigenvalue weighted by Gasteiger charge is -2.11. The molecular weight excluding hydrogens is 185 g/mol. The van der Waals surface area contributed by atoms with E-state index in [1.54, 1.807) is 0 Å². The minimum absolute atomic E-state index is 0.400. The summed E-state index contributed by atoms with van der Waals surface area (Å²) in [4.78, 5) is 0. The van der Waals surface area contributed by atoms with E-state index in [0.717, 1.165) is 0 Å². The van der Waals surface area contributed by atoms with Crippen molar-refractivity contribution in [2.75, 3.05) is 14.2 Å². The van der Waals surface area contributed by atoms with Crippen molar-refractivity contribution in [1.82, 2.24) is 0 Å². The Morgan fingerprint density at radius 3 is 2.64 bits per heavy atom. The maximum absolute atomic E-state index is 12.9. The fourth-order valence-corrected chi connectivity index (χ4v) is 1.16. The normalized spacial score (nSPS) is 11.9. The number of methoxy groups -OCH3 is 2. The zero-order valence-electron chi connectivity index (χ0n) is 7.95. The maximum Gasteiger partial charge on any atom is 0.172 e. The number of halogens is 1. The van der Waals surface area contributed by atoms with Crippen LogP contribution in [-0.4, -0.2) is 14.2 Å². The first-order valence-electron chi connectivity index (χ1n) is 3.98. The van der Waals surface area contributed by atoms with E-state index in [0.29, 0.717) is 11.3 Å². The van der Waals surface area contributed by atoms with Gasteiger partial charge in [0.15, 0.2) is 6.10 Å². The molecule has 0 saturated carbocycles. The Kier molecular flexibility index (Phi) is 3.43. The third-order valence-corrected chi connectivity index (χ3v) is 1.83. The zero-order valence-corrected chi connectivity index (χ0v) is 7.95. The minimum atomic E-state index is -0.805. The highest BCUT2D eigenvalue weighted by molar-refractivity contribution is 5.38. The van der Waals surface area contributed by atoms with Crippen molar-refractivity contribution in [2.24, 2.45) is 0 Å². The van der Waals surface area contributed by atoms with E-state index < -0.39 is 11.9 Å². The number of ether oxygens (including phenoxy) is 2. The van der Waals surface area contributed by atoms with Gasteiger partial charge in [0.1, 0.15) is 11.6 Å². The molecule has 0 aliphatic carbocycles. The fourth-order valence-electron chi connectivity index (χ4n) is 1.16. The standard InChI is InChI=1S/C10H10FNO2/c1-13-9-4-3-7(11)5-8(9)10(6-12)14-2/h3-5,10H,1-2H3. The van der Waals surface area contributed by atoms with Crippen molar-refractivity contribution < 1.29 is 13.9 Å².